The first-order valence-electron chi connectivity index (χ1n) is 10.7. The van der Waals surface area contributed by atoms with Crippen LogP contribution in [0.15, 0.2) is 48.5 Å². The Morgan fingerprint density at radius 1 is 1.00 bits per heavy atom. The van der Waals surface area contributed by atoms with Gasteiger partial charge in [0, 0.05) is 25.2 Å². The van der Waals surface area contributed by atoms with E-state index >= 15 is 0 Å². The minimum absolute atomic E-state index is 0.0814. The van der Waals surface area contributed by atoms with Gasteiger partial charge in [0.1, 0.15) is 12.1 Å². The molecule has 0 saturated carbocycles. The van der Waals surface area contributed by atoms with Gasteiger partial charge in [-0.2, -0.15) is 0 Å². The largest absolute Gasteiger partial charge is 0.444 e. The number of carbonyl (C=O) groups excluding carboxylic acids is 3. The molecule has 7 nitrogen and oxygen atoms in total. The van der Waals surface area contributed by atoms with Crippen LogP contribution in [-0.4, -0.2) is 48.0 Å². The summed E-state index contributed by atoms with van der Waals surface area (Å²) in [5.74, 6) is -0.317. The van der Waals surface area contributed by atoms with E-state index in [0.717, 1.165) is 16.7 Å². The van der Waals surface area contributed by atoms with E-state index in [1.165, 1.54) is 0 Å². The minimum Gasteiger partial charge on any atom is -0.444 e. The molecule has 0 radical (unpaired) electrons. The number of nitrogens with zero attached hydrogens (tertiary/aromatic N) is 1. The van der Waals surface area contributed by atoms with Gasteiger partial charge in [0.25, 0.3) is 5.91 Å². The Hall–Kier alpha value is -3.35. The Labute approximate surface area is 190 Å². The Bertz CT molecular complexity index is 946. The van der Waals surface area contributed by atoms with Gasteiger partial charge >= 0.3 is 6.09 Å². The number of carbonyl (C=O) groups is 3. The molecule has 0 heterocycles. The fourth-order valence-corrected chi connectivity index (χ4v) is 2.97. The highest BCUT2D eigenvalue weighted by atomic mass is 16.6. The number of ether oxygens (including phenoxy) is 1. The Morgan fingerprint density at radius 3 is 2.25 bits per heavy atom. The highest BCUT2D eigenvalue weighted by molar-refractivity contribution is 5.94. The van der Waals surface area contributed by atoms with Crippen LogP contribution in [0.2, 0.25) is 0 Å². The second-order valence-electron chi connectivity index (χ2n) is 9.01. The lowest BCUT2D eigenvalue weighted by atomic mass is 10.0. The zero-order valence-corrected chi connectivity index (χ0v) is 19.7. The summed E-state index contributed by atoms with van der Waals surface area (Å²) in [4.78, 5) is 37.8. The van der Waals surface area contributed by atoms with Crippen molar-refractivity contribution in [2.24, 2.45) is 0 Å². The maximum Gasteiger partial charge on any atom is 0.408 e. The van der Waals surface area contributed by atoms with Crippen LogP contribution in [0.1, 0.15) is 50.5 Å². The number of nitrogens with one attached hydrogen (secondary N) is 2. The highest BCUT2D eigenvalue weighted by Gasteiger charge is 2.18. The molecule has 7 heteroatoms. The van der Waals surface area contributed by atoms with Crippen LogP contribution in [0.25, 0.3) is 11.1 Å². The van der Waals surface area contributed by atoms with Gasteiger partial charge in [0.2, 0.25) is 5.91 Å². The lowest BCUT2D eigenvalue weighted by molar-refractivity contribution is -0.129. The molecule has 0 atom stereocenters. The minimum atomic E-state index is -0.619. The molecule has 3 amide bonds. The zero-order valence-electron chi connectivity index (χ0n) is 19.7. The van der Waals surface area contributed by atoms with Gasteiger partial charge < -0.3 is 20.3 Å². The molecule has 0 aromatic heterocycles. The third-order valence-corrected chi connectivity index (χ3v) is 4.46. The van der Waals surface area contributed by atoms with E-state index in [0.29, 0.717) is 12.1 Å². The Kier molecular flexibility index (Phi) is 8.41. The summed E-state index contributed by atoms with van der Waals surface area (Å²) in [5, 5.41) is 5.36. The van der Waals surface area contributed by atoms with Crippen molar-refractivity contribution >= 4 is 17.9 Å². The monoisotopic (exact) mass is 439 g/mol. The fourth-order valence-electron chi connectivity index (χ4n) is 2.97. The van der Waals surface area contributed by atoms with Gasteiger partial charge in [-0.1, -0.05) is 30.3 Å². The predicted octanol–water partition coefficient (Wildman–Crippen LogP) is 3.97. The zero-order chi connectivity index (χ0) is 23.9. The van der Waals surface area contributed by atoms with Crippen LogP contribution < -0.4 is 10.6 Å². The van der Waals surface area contributed by atoms with Crippen LogP contribution in [0.3, 0.4) is 0 Å². The lowest BCUT2D eigenvalue weighted by Gasteiger charge is -2.21. The summed E-state index contributed by atoms with van der Waals surface area (Å²) in [5.41, 5.74) is 2.92. The van der Waals surface area contributed by atoms with E-state index in [1.54, 1.807) is 44.9 Å². The number of amides is 3. The highest BCUT2D eigenvalue weighted by Crippen LogP contribution is 2.22. The molecular formula is C25H33N3O4. The molecule has 2 rings (SSSR count). The van der Waals surface area contributed by atoms with Gasteiger partial charge in [-0.3, -0.25) is 9.59 Å². The summed E-state index contributed by atoms with van der Waals surface area (Å²) in [7, 11) is 1.69. The molecule has 32 heavy (non-hydrogen) atoms. The molecule has 0 aliphatic heterocycles. The van der Waals surface area contributed by atoms with Crippen molar-refractivity contribution in [3.8, 4) is 11.1 Å². The van der Waals surface area contributed by atoms with Crippen LogP contribution in [-0.2, 0) is 16.1 Å². The Morgan fingerprint density at radius 2 is 1.66 bits per heavy atom. The molecular weight excluding hydrogens is 406 g/mol. The van der Waals surface area contributed by atoms with Gasteiger partial charge in [-0.05, 0) is 69.5 Å². The number of likely N-dealkylation sites (N-methyl/N-ethyl adjacent to an activating group) is 1. The second kappa shape index (κ2) is 10.8. The van der Waals surface area contributed by atoms with E-state index < -0.39 is 11.7 Å². The number of hydrogen-bond donors (Lipinski definition) is 2. The first-order valence-corrected chi connectivity index (χ1v) is 10.7. The number of hydrogen-bond acceptors (Lipinski definition) is 4. The number of benzene rings is 2. The van der Waals surface area contributed by atoms with Gasteiger partial charge in [-0.15, -0.1) is 0 Å². The summed E-state index contributed by atoms with van der Waals surface area (Å²) in [6.07, 6.45) is -0.619. The maximum absolute atomic E-state index is 12.4. The SMILES string of the molecule is CC(C)NC(=O)c1ccc(-c2cccc(CN(C)C(=O)CNC(=O)OC(C)(C)C)c2)cc1. The molecule has 172 valence electrons. The van der Waals surface area contributed by atoms with Crippen LogP contribution in [0.5, 0.6) is 0 Å². The molecule has 0 bridgehead atoms. The fraction of sp³-hybridized carbons (Fsp3) is 0.400. The summed E-state index contributed by atoms with van der Waals surface area (Å²) in [6.45, 7) is 9.41. The maximum atomic E-state index is 12.4. The molecule has 0 spiro atoms. The van der Waals surface area contributed by atoms with E-state index in [9.17, 15) is 14.4 Å². The third kappa shape index (κ3) is 8.06. The van der Waals surface area contributed by atoms with Crippen molar-refractivity contribution in [1.82, 2.24) is 15.5 Å². The van der Waals surface area contributed by atoms with Crippen molar-refractivity contribution in [1.29, 1.82) is 0 Å². The predicted molar refractivity (Wildman–Crippen MR) is 125 cm³/mol. The topological polar surface area (TPSA) is 87.7 Å². The van der Waals surface area contributed by atoms with Crippen molar-refractivity contribution < 1.29 is 19.1 Å². The molecule has 0 saturated heterocycles. The Balaban J connectivity index is 1.98. The van der Waals surface area contributed by atoms with Crippen molar-refractivity contribution in [3.63, 3.8) is 0 Å². The molecule has 2 N–H and O–H groups in total. The van der Waals surface area contributed by atoms with Gasteiger partial charge in [0.15, 0.2) is 0 Å². The lowest BCUT2D eigenvalue weighted by Crippen LogP contribution is -2.40. The van der Waals surface area contributed by atoms with Crippen LogP contribution in [0, 0.1) is 0 Å². The van der Waals surface area contributed by atoms with Crippen molar-refractivity contribution in [3.05, 3.63) is 59.7 Å². The van der Waals surface area contributed by atoms with E-state index in [2.05, 4.69) is 10.6 Å². The molecule has 0 aliphatic carbocycles. The smallest absolute Gasteiger partial charge is 0.408 e. The van der Waals surface area contributed by atoms with Crippen LogP contribution in [0.4, 0.5) is 4.79 Å². The van der Waals surface area contributed by atoms with E-state index in [-0.39, 0.29) is 24.4 Å². The van der Waals surface area contributed by atoms with Crippen molar-refractivity contribution in [2.45, 2.75) is 52.8 Å². The van der Waals surface area contributed by atoms with Gasteiger partial charge in [-0.25, -0.2) is 4.79 Å². The number of alkyl carbamates (subject to hydrolysis) is 1. The molecule has 0 unspecified atom stereocenters. The summed E-state index contributed by atoms with van der Waals surface area (Å²) in [6, 6.07) is 15.4. The average molecular weight is 440 g/mol. The summed E-state index contributed by atoms with van der Waals surface area (Å²) >= 11 is 0. The molecule has 2 aromatic carbocycles. The van der Waals surface area contributed by atoms with E-state index in [4.69, 9.17) is 4.74 Å². The standard InChI is InChI=1S/C25H33N3O4/c1-17(2)27-23(30)20-12-10-19(11-13-20)21-9-7-8-18(14-21)16-28(6)22(29)15-26-24(31)32-25(3,4)5/h7-14,17H,15-16H2,1-6H3,(H,26,31)(H,27,30). The van der Waals surface area contributed by atoms with Crippen molar-refractivity contribution in [2.75, 3.05) is 13.6 Å². The number of rotatable bonds is 7. The normalized spacial score (nSPS) is 11.1. The molecule has 2 aromatic rings. The summed E-state index contributed by atoms with van der Waals surface area (Å²) < 4.78 is 5.15. The third-order valence-electron chi connectivity index (χ3n) is 4.46. The molecule has 0 fully saturated rings. The van der Waals surface area contributed by atoms with Gasteiger partial charge in [0.05, 0.1) is 0 Å². The molecule has 0 aliphatic rings. The van der Waals surface area contributed by atoms with Crippen LogP contribution >= 0.6 is 0 Å². The first-order chi connectivity index (χ1) is 14.9. The quantitative estimate of drug-likeness (QED) is 0.683. The average Bonchev–Trinajstić information content (AvgIpc) is 2.70. The van der Waals surface area contributed by atoms with E-state index in [1.807, 2.05) is 50.2 Å². The first kappa shape index (κ1) is 24.9. The second-order valence-corrected chi connectivity index (χ2v) is 9.01.